The molecule has 2 unspecified atom stereocenters. The van der Waals surface area contributed by atoms with Crippen LogP contribution in [0, 0.1) is 11.8 Å². The minimum absolute atomic E-state index is 1.00. The van der Waals surface area contributed by atoms with Crippen molar-refractivity contribution in [3.63, 3.8) is 0 Å². The van der Waals surface area contributed by atoms with Crippen LogP contribution in [0.15, 0.2) is 0 Å². The maximum absolute atomic E-state index is 2.54. The van der Waals surface area contributed by atoms with Gasteiger partial charge in [-0.05, 0) is 44.3 Å². The van der Waals surface area contributed by atoms with Crippen molar-refractivity contribution in [2.24, 2.45) is 11.8 Å². The molecular formula is C16H33N. The molecule has 1 heteroatoms. The molecule has 0 amide bonds. The maximum Gasteiger partial charge on any atom is -0.00190 e. The second-order valence-electron chi connectivity index (χ2n) is 6.01. The lowest BCUT2D eigenvalue weighted by Gasteiger charge is -2.26. The van der Waals surface area contributed by atoms with Crippen LogP contribution in [-0.2, 0) is 0 Å². The van der Waals surface area contributed by atoms with Gasteiger partial charge in [-0.3, -0.25) is 0 Å². The Kier molecular flexibility index (Phi) is 7.92. The van der Waals surface area contributed by atoms with Gasteiger partial charge in [-0.1, -0.05) is 59.3 Å². The molecule has 0 radical (unpaired) electrons. The summed E-state index contributed by atoms with van der Waals surface area (Å²) < 4.78 is 0. The lowest BCUT2D eigenvalue weighted by molar-refractivity contribution is 0.258. The highest BCUT2D eigenvalue weighted by molar-refractivity contribution is 4.70. The number of nitrogens with zero attached hydrogens (tertiary/aromatic N) is 1. The third kappa shape index (κ3) is 6.45. The fourth-order valence-electron chi connectivity index (χ4n) is 3.31. The Bertz CT molecular complexity index is 174. The Hall–Kier alpha value is -0.0400. The lowest BCUT2D eigenvalue weighted by Crippen LogP contribution is -2.23. The second kappa shape index (κ2) is 8.97. The number of rotatable bonds is 8. The van der Waals surface area contributed by atoms with Crippen molar-refractivity contribution in [2.45, 2.75) is 72.1 Å². The number of hydrogen-bond acceptors (Lipinski definition) is 1. The highest BCUT2D eigenvalue weighted by Gasteiger charge is 2.17. The van der Waals surface area contributed by atoms with E-state index in [2.05, 4.69) is 25.7 Å². The molecule has 102 valence electrons. The van der Waals surface area contributed by atoms with Gasteiger partial charge in [0.05, 0.1) is 0 Å². The van der Waals surface area contributed by atoms with Gasteiger partial charge < -0.3 is 4.90 Å². The summed E-state index contributed by atoms with van der Waals surface area (Å²) in [5.74, 6) is 2.07. The van der Waals surface area contributed by atoms with Gasteiger partial charge in [-0.15, -0.1) is 0 Å². The van der Waals surface area contributed by atoms with Gasteiger partial charge in [0.1, 0.15) is 0 Å². The van der Waals surface area contributed by atoms with E-state index in [0.29, 0.717) is 0 Å². The van der Waals surface area contributed by atoms with Crippen molar-refractivity contribution in [3.05, 3.63) is 0 Å². The van der Waals surface area contributed by atoms with Gasteiger partial charge in [-0.25, -0.2) is 0 Å². The molecule has 1 nitrogen and oxygen atoms in total. The van der Waals surface area contributed by atoms with E-state index in [1.165, 1.54) is 71.0 Å². The lowest BCUT2D eigenvalue weighted by atomic mass is 9.80. The molecule has 2 atom stereocenters. The normalized spacial score (nSPS) is 25.4. The Morgan fingerprint density at radius 1 is 1.00 bits per heavy atom. The van der Waals surface area contributed by atoms with Gasteiger partial charge in [0, 0.05) is 0 Å². The summed E-state index contributed by atoms with van der Waals surface area (Å²) >= 11 is 0. The third-order valence-corrected chi connectivity index (χ3v) is 4.53. The van der Waals surface area contributed by atoms with Crippen molar-refractivity contribution >= 4 is 0 Å². The molecule has 0 heterocycles. The zero-order valence-corrected chi connectivity index (χ0v) is 12.4. The largest absolute Gasteiger partial charge is 0.304 e. The fourth-order valence-corrected chi connectivity index (χ4v) is 3.31. The second-order valence-corrected chi connectivity index (χ2v) is 6.01. The number of unbranched alkanes of at least 4 members (excludes halogenated alkanes) is 2. The van der Waals surface area contributed by atoms with E-state index in [9.17, 15) is 0 Å². The first-order valence-corrected chi connectivity index (χ1v) is 7.98. The SMILES string of the molecule is CCN(CC)CCCCCC1CCCC(C)C1. The Labute approximate surface area is 109 Å². The van der Waals surface area contributed by atoms with Crippen LogP contribution in [0.1, 0.15) is 72.1 Å². The molecule has 0 aliphatic heterocycles. The van der Waals surface area contributed by atoms with Gasteiger partial charge in [-0.2, -0.15) is 0 Å². The van der Waals surface area contributed by atoms with E-state index in [1.807, 2.05) is 0 Å². The van der Waals surface area contributed by atoms with E-state index in [4.69, 9.17) is 0 Å². The van der Waals surface area contributed by atoms with Gasteiger partial charge in [0.2, 0.25) is 0 Å². The predicted molar refractivity (Wildman–Crippen MR) is 77.4 cm³/mol. The molecular weight excluding hydrogens is 206 g/mol. The molecule has 0 N–H and O–H groups in total. The summed E-state index contributed by atoms with van der Waals surface area (Å²) in [6, 6.07) is 0. The molecule has 0 saturated heterocycles. The van der Waals surface area contributed by atoms with E-state index in [1.54, 1.807) is 0 Å². The van der Waals surface area contributed by atoms with Crippen LogP contribution in [0.2, 0.25) is 0 Å². The minimum Gasteiger partial charge on any atom is -0.304 e. The van der Waals surface area contributed by atoms with Crippen LogP contribution in [0.4, 0.5) is 0 Å². The highest BCUT2D eigenvalue weighted by atomic mass is 15.1. The van der Waals surface area contributed by atoms with Crippen molar-refractivity contribution < 1.29 is 0 Å². The first-order valence-electron chi connectivity index (χ1n) is 7.98. The average molecular weight is 239 g/mol. The zero-order chi connectivity index (χ0) is 12.5. The molecule has 1 rings (SSSR count). The van der Waals surface area contributed by atoms with Crippen LogP contribution in [0.3, 0.4) is 0 Å². The number of hydrogen-bond donors (Lipinski definition) is 0. The van der Waals surface area contributed by atoms with Crippen LogP contribution in [0.25, 0.3) is 0 Å². The van der Waals surface area contributed by atoms with Gasteiger partial charge in [0.25, 0.3) is 0 Å². The molecule has 1 aliphatic rings. The minimum atomic E-state index is 1.00. The standard InChI is InChI=1S/C16H33N/c1-4-17(5-2)13-8-6-7-11-16-12-9-10-15(3)14-16/h15-16H,4-14H2,1-3H3. The molecule has 1 fully saturated rings. The predicted octanol–water partition coefficient (Wildman–Crippen LogP) is 4.71. The van der Waals surface area contributed by atoms with E-state index >= 15 is 0 Å². The summed E-state index contributed by atoms with van der Waals surface area (Å²) in [6.07, 6.45) is 11.8. The van der Waals surface area contributed by atoms with Gasteiger partial charge in [0.15, 0.2) is 0 Å². The molecule has 0 aromatic carbocycles. The molecule has 0 bridgehead atoms. The summed E-state index contributed by atoms with van der Waals surface area (Å²) in [5, 5.41) is 0. The molecule has 0 aromatic rings. The van der Waals surface area contributed by atoms with Gasteiger partial charge >= 0.3 is 0 Å². The summed E-state index contributed by atoms with van der Waals surface area (Å²) in [7, 11) is 0. The fraction of sp³-hybridized carbons (Fsp3) is 1.00. The summed E-state index contributed by atoms with van der Waals surface area (Å²) in [6.45, 7) is 10.7. The molecule has 0 spiro atoms. The van der Waals surface area contributed by atoms with Crippen molar-refractivity contribution in [3.8, 4) is 0 Å². The third-order valence-electron chi connectivity index (χ3n) is 4.53. The maximum atomic E-state index is 2.54. The smallest absolute Gasteiger partial charge is 0.00190 e. The average Bonchev–Trinajstić information content (AvgIpc) is 2.34. The Balaban J connectivity index is 1.96. The molecule has 1 saturated carbocycles. The molecule has 0 aromatic heterocycles. The van der Waals surface area contributed by atoms with Crippen molar-refractivity contribution in [1.82, 2.24) is 4.90 Å². The van der Waals surface area contributed by atoms with Crippen LogP contribution < -0.4 is 0 Å². The van der Waals surface area contributed by atoms with Crippen LogP contribution >= 0.6 is 0 Å². The quantitative estimate of drug-likeness (QED) is 0.554. The zero-order valence-electron chi connectivity index (χ0n) is 12.4. The van der Waals surface area contributed by atoms with Crippen molar-refractivity contribution in [1.29, 1.82) is 0 Å². The van der Waals surface area contributed by atoms with Crippen LogP contribution in [0.5, 0.6) is 0 Å². The summed E-state index contributed by atoms with van der Waals surface area (Å²) in [4.78, 5) is 2.54. The Morgan fingerprint density at radius 2 is 1.76 bits per heavy atom. The Morgan fingerprint density at radius 3 is 2.41 bits per heavy atom. The monoisotopic (exact) mass is 239 g/mol. The highest BCUT2D eigenvalue weighted by Crippen LogP contribution is 2.31. The molecule has 17 heavy (non-hydrogen) atoms. The van der Waals surface area contributed by atoms with Crippen LogP contribution in [-0.4, -0.2) is 24.5 Å². The molecule has 1 aliphatic carbocycles. The van der Waals surface area contributed by atoms with Crippen molar-refractivity contribution in [2.75, 3.05) is 19.6 Å². The first-order chi connectivity index (χ1) is 8.26. The first kappa shape index (κ1) is 15.0. The summed E-state index contributed by atoms with van der Waals surface area (Å²) in [5.41, 5.74) is 0. The van der Waals surface area contributed by atoms with E-state index in [-0.39, 0.29) is 0 Å². The van der Waals surface area contributed by atoms with E-state index < -0.39 is 0 Å². The van der Waals surface area contributed by atoms with E-state index in [0.717, 1.165) is 11.8 Å². The topological polar surface area (TPSA) is 3.24 Å².